The number of amides is 1. The lowest BCUT2D eigenvalue weighted by atomic mass is 10.1. The van der Waals surface area contributed by atoms with Crippen LogP contribution in [-0.2, 0) is 0 Å². The zero-order chi connectivity index (χ0) is 23.2. The van der Waals surface area contributed by atoms with E-state index in [-0.39, 0.29) is 28.5 Å². The minimum absolute atomic E-state index is 0.247. The minimum Gasteiger partial charge on any atom is -0.467 e. The summed E-state index contributed by atoms with van der Waals surface area (Å²) >= 11 is 7.68. The van der Waals surface area contributed by atoms with Gasteiger partial charge in [-0.3, -0.25) is 15.1 Å². The van der Waals surface area contributed by atoms with Crippen molar-refractivity contribution in [2.24, 2.45) is 0 Å². The van der Waals surface area contributed by atoms with Crippen molar-refractivity contribution in [3.63, 3.8) is 0 Å². The molecule has 8 nitrogen and oxygen atoms in total. The molecule has 4 rings (SSSR count). The average molecular weight is 481 g/mol. The van der Waals surface area contributed by atoms with Gasteiger partial charge in [0.05, 0.1) is 5.56 Å². The number of aromatic nitrogens is 4. The Morgan fingerprint density at radius 1 is 1.15 bits per heavy atom. The molecule has 0 fully saturated rings. The third kappa shape index (κ3) is 5.89. The normalized spacial score (nSPS) is 11.9. The largest absolute Gasteiger partial charge is 0.467 e. The first kappa shape index (κ1) is 22.8. The highest BCUT2D eigenvalue weighted by Gasteiger charge is 2.19. The molecule has 1 aromatic carbocycles. The molecule has 0 spiro atoms. The highest BCUT2D eigenvalue weighted by molar-refractivity contribution is 7.18. The molecule has 10 heteroatoms. The van der Waals surface area contributed by atoms with Crippen LogP contribution in [-0.4, -0.2) is 51.6 Å². The van der Waals surface area contributed by atoms with E-state index in [1.54, 1.807) is 12.4 Å². The molecule has 0 saturated carbocycles. The molecule has 0 aliphatic carbocycles. The third-order valence-electron chi connectivity index (χ3n) is 4.60. The second kappa shape index (κ2) is 10.5. The molecule has 1 amide bonds. The van der Waals surface area contributed by atoms with Crippen LogP contribution in [0.1, 0.15) is 22.0 Å². The van der Waals surface area contributed by atoms with Crippen molar-refractivity contribution < 1.29 is 9.53 Å². The quantitative estimate of drug-likeness (QED) is 0.394. The van der Waals surface area contributed by atoms with E-state index >= 15 is 0 Å². The van der Waals surface area contributed by atoms with Crippen LogP contribution < -0.4 is 10.1 Å². The molecule has 168 valence electrons. The smallest absolute Gasteiger partial charge is 0.259 e. The molecule has 0 saturated heterocycles. The van der Waals surface area contributed by atoms with Crippen molar-refractivity contribution in [2.45, 2.75) is 6.10 Å². The average Bonchev–Trinajstić information content (AvgIpc) is 3.29. The van der Waals surface area contributed by atoms with Crippen LogP contribution >= 0.6 is 22.9 Å². The first-order valence-corrected chi connectivity index (χ1v) is 11.3. The summed E-state index contributed by atoms with van der Waals surface area (Å²) in [5.74, 6) is -0.124. The fourth-order valence-corrected chi connectivity index (χ4v) is 3.99. The highest BCUT2D eigenvalue weighted by atomic mass is 35.5. The van der Waals surface area contributed by atoms with Gasteiger partial charge in [0.25, 0.3) is 5.91 Å². The minimum atomic E-state index is -0.388. The van der Waals surface area contributed by atoms with E-state index in [0.717, 1.165) is 11.1 Å². The van der Waals surface area contributed by atoms with E-state index in [1.165, 1.54) is 23.6 Å². The Balaban J connectivity index is 1.46. The molecule has 33 heavy (non-hydrogen) atoms. The number of benzene rings is 1. The van der Waals surface area contributed by atoms with E-state index in [1.807, 2.05) is 61.5 Å². The van der Waals surface area contributed by atoms with E-state index in [4.69, 9.17) is 16.3 Å². The van der Waals surface area contributed by atoms with Gasteiger partial charge < -0.3 is 9.64 Å². The lowest BCUT2D eigenvalue weighted by molar-refractivity contribution is 0.102. The van der Waals surface area contributed by atoms with E-state index < -0.39 is 0 Å². The molecule has 0 radical (unpaired) electrons. The number of pyridine rings is 2. The molecule has 0 aliphatic rings. The lowest BCUT2D eigenvalue weighted by Crippen LogP contribution is -2.24. The summed E-state index contributed by atoms with van der Waals surface area (Å²) in [7, 11) is 3.94. The molecular formula is C23H21ClN6O2S. The van der Waals surface area contributed by atoms with Crippen molar-refractivity contribution in [2.75, 3.05) is 26.0 Å². The van der Waals surface area contributed by atoms with Crippen molar-refractivity contribution >= 4 is 34.0 Å². The topological polar surface area (TPSA) is 93.1 Å². The summed E-state index contributed by atoms with van der Waals surface area (Å²) in [5, 5.41) is 12.2. The lowest BCUT2D eigenvalue weighted by Gasteiger charge is -2.23. The van der Waals surface area contributed by atoms with Crippen molar-refractivity contribution in [1.29, 1.82) is 0 Å². The van der Waals surface area contributed by atoms with Gasteiger partial charge in [0, 0.05) is 30.7 Å². The van der Waals surface area contributed by atoms with Crippen LogP contribution in [0.4, 0.5) is 5.13 Å². The SMILES string of the molecule is CN(C)C[C@H](Oc1ncc(C(=O)Nc2nnc(-c3ccncc3)s2)cc1Cl)c1ccccc1. The summed E-state index contributed by atoms with van der Waals surface area (Å²) < 4.78 is 6.11. The standard InChI is InChI=1S/C23H21ClN6O2S/c1-30(2)14-19(15-6-4-3-5-7-15)32-21-18(24)12-17(13-26-21)20(31)27-23-29-28-22(33-23)16-8-10-25-11-9-16/h3-13,19H,14H2,1-2H3,(H,27,29,31)/t19-/m0/s1. The van der Waals surface area contributed by atoms with Gasteiger partial charge in [-0.1, -0.05) is 53.3 Å². The number of nitrogens with zero attached hydrogens (tertiary/aromatic N) is 5. The Hall–Kier alpha value is -3.40. The first-order valence-electron chi connectivity index (χ1n) is 10.1. The van der Waals surface area contributed by atoms with Gasteiger partial charge in [0.1, 0.15) is 16.1 Å². The third-order valence-corrected chi connectivity index (χ3v) is 5.76. The van der Waals surface area contributed by atoms with Gasteiger partial charge in [-0.15, -0.1) is 10.2 Å². The monoisotopic (exact) mass is 480 g/mol. The first-order chi connectivity index (χ1) is 16.0. The van der Waals surface area contributed by atoms with Gasteiger partial charge >= 0.3 is 0 Å². The number of hydrogen-bond acceptors (Lipinski definition) is 8. The summed E-state index contributed by atoms with van der Waals surface area (Å²) in [6.45, 7) is 0.640. The van der Waals surface area contributed by atoms with Crippen LogP contribution in [0.25, 0.3) is 10.6 Å². The molecule has 0 unspecified atom stereocenters. The number of ether oxygens (including phenoxy) is 1. The van der Waals surface area contributed by atoms with Gasteiger partial charge in [0.15, 0.2) is 0 Å². The fraction of sp³-hybridized carbons (Fsp3) is 0.174. The number of nitrogens with one attached hydrogen (secondary N) is 1. The second-order valence-electron chi connectivity index (χ2n) is 7.39. The highest BCUT2D eigenvalue weighted by Crippen LogP contribution is 2.29. The van der Waals surface area contributed by atoms with Gasteiger partial charge in [0.2, 0.25) is 11.0 Å². The van der Waals surface area contributed by atoms with Crippen LogP contribution in [0, 0.1) is 0 Å². The summed E-state index contributed by atoms with van der Waals surface area (Å²) in [6, 6.07) is 15.0. The van der Waals surface area contributed by atoms with Gasteiger partial charge in [-0.25, -0.2) is 4.98 Å². The predicted octanol–water partition coefficient (Wildman–Crippen LogP) is 4.58. The van der Waals surface area contributed by atoms with Crippen LogP contribution in [0.15, 0.2) is 67.1 Å². The molecule has 3 aromatic heterocycles. The maximum absolute atomic E-state index is 12.7. The number of likely N-dealkylation sites (N-methyl/N-ethyl adjacent to an activating group) is 1. The summed E-state index contributed by atoms with van der Waals surface area (Å²) in [4.78, 5) is 23.0. The number of hydrogen-bond donors (Lipinski definition) is 1. The predicted molar refractivity (Wildman–Crippen MR) is 129 cm³/mol. The van der Waals surface area contributed by atoms with Crippen molar-refractivity contribution in [1.82, 2.24) is 25.1 Å². The van der Waals surface area contributed by atoms with E-state index in [2.05, 4.69) is 25.5 Å². The molecule has 1 atom stereocenters. The van der Waals surface area contributed by atoms with Crippen LogP contribution in [0.2, 0.25) is 5.02 Å². The van der Waals surface area contributed by atoms with Gasteiger partial charge in [-0.2, -0.15) is 0 Å². The Labute approximate surface area is 200 Å². The maximum Gasteiger partial charge on any atom is 0.259 e. The fourth-order valence-electron chi connectivity index (χ4n) is 3.04. The van der Waals surface area contributed by atoms with E-state index in [0.29, 0.717) is 16.7 Å². The number of halogens is 1. The Morgan fingerprint density at radius 3 is 2.61 bits per heavy atom. The Kier molecular flexibility index (Phi) is 7.23. The Morgan fingerprint density at radius 2 is 1.91 bits per heavy atom. The molecule has 3 heterocycles. The number of rotatable bonds is 8. The van der Waals surface area contributed by atoms with Crippen LogP contribution in [0.3, 0.4) is 0 Å². The zero-order valence-electron chi connectivity index (χ0n) is 18.0. The molecular weight excluding hydrogens is 460 g/mol. The summed E-state index contributed by atoms with van der Waals surface area (Å²) in [5.41, 5.74) is 2.17. The molecule has 0 bridgehead atoms. The zero-order valence-corrected chi connectivity index (χ0v) is 19.5. The van der Waals surface area contributed by atoms with Crippen molar-refractivity contribution in [3.05, 3.63) is 83.3 Å². The molecule has 4 aromatic rings. The maximum atomic E-state index is 12.7. The Bertz CT molecular complexity index is 1220. The second-order valence-corrected chi connectivity index (χ2v) is 8.78. The molecule has 1 N–H and O–H groups in total. The van der Waals surface area contributed by atoms with E-state index in [9.17, 15) is 4.79 Å². The van der Waals surface area contributed by atoms with Gasteiger partial charge in [-0.05, 0) is 37.9 Å². The number of anilines is 1. The molecule has 0 aliphatic heterocycles. The number of carbonyl (C=O) groups is 1. The summed E-state index contributed by atoms with van der Waals surface area (Å²) in [6.07, 6.45) is 4.51. The van der Waals surface area contributed by atoms with Crippen LogP contribution in [0.5, 0.6) is 5.88 Å². The van der Waals surface area contributed by atoms with Crippen molar-refractivity contribution in [3.8, 4) is 16.5 Å². The number of carbonyl (C=O) groups excluding carboxylic acids is 1.